The number of nitrogens with zero attached hydrogens (tertiary/aromatic N) is 2. The van der Waals surface area contributed by atoms with Crippen LogP contribution in [0.3, 0.4) is 0 Å². The summed E-state index contributed by atoms with van der Waals surface area (Å²) in [5.74, 6) is 0.272. The van der Waals surface area contributed by atoms with E-state index in [-0.39, 0.29) is 35.5 Å². The van der Waals surface area contributed by atoms with Gasteiger partial charge in [0.2, 0.25) is 5.91 Å². The Morgan fingerprint density at radius 3 is 2.65 bits per heavy atom. The second kappa shape index (κ2) is 6.05. The zero-order valence-electron chi connectivity index (χ0n) is 11.8. The SMILES string of the molecule is Nc1cc(N)nc(SCC(=O)c2cc3c(cc2Cl)NC(=O)C3)n1. The molecule has 0 aliphatic carbocycles. The number of amides is 1. The highest BCUT2D eigenvalue weighted by atomic mass is 35.5. The molecule has 23 heavy (non-hydrogen) atoms. The minimum Gasteiger partial charge on any atom is -0.383 e. The third kappa shape index (κ3) is 3.38. The summed E-state index contributed by atoms with van der Waals surface area (Å²) in [6, 6.07) is 4.68. The summed E-state index contributed by atoms with van der Waals surface area (Å²) < 4.78 is 0. The molecule has 0 unspecified atom stereocenters. The van der Waals surface area contributed by atoms with Gasteiger partial charge in [-0.25, -0.2) is 9.97 Å². The number of halogens is 1. The number of hydrogen-bond acceptors (Lipinski definition) is 7. The summed E-state index contributed by atoms with van der Waals surface area (Å²) in [5.41, 5.74) is 12.9. The molecule has 118 valence electrons. The maximum atomic E-state index is 12.4. The summed E-state index contributed by atoms with van der Waals surface area (Å²) in [6.07, 6.45) is 0.245. The van der Waals surface area contributed by atoms with Gasteiger partial charge in [-0.3, -0.25) is 9.59 Å². The average Bonchev–Trinajstić information content (AvgIpc) is 2.82. The number of carbonyl (C=O) groups is 2. The first-order chi connectivity index (χ1) is 10.9. The van der Waals surface area contributed by atoms with Crippen LogP contribution in [0.2, 0.25) is 5.02 Å². The Kier molecular flexibility index (Phi) is 4.10. The predicted molar refractivity (Wildman–Crippen MR) is 89.7 cm³/mol. The van der Waals surface area contributed by atoms with Gasteiger partial charge in [0, 0.05) is 17.3 Å². The van der Waals surface area contributed by atoms with Gasteiger partial charge in [0.05, 0.1) is 17.2 Å². The van der Waals surface area contributed by atoms with Gasteiger partial charge in [0.25, 0.3) is 0 Å². The highest BCUT2D eigenvalue weighted by Gasteiger charge is 2.22. The Balaban J connectivity index is 1.76. The molecule has 5 N–H and O–H groups in total. The number of benzene rings is 1. The molecular formula is C14H12ClN5O2S. The highest BCUT2D eigenvalue weighted by molar-refractivity contribution is 7.99. The van der Waals surface area contributed by atoms with Crippen molar-refractivity contribution < 1.29 is 9.59 Å². The highest BCUT2D eigenvalue weighted by Crippen LogP contribution is 2.31. The largest absolute Gasteiger partial charge is 0.383 e. The van der Waals surface area contributed by atoms with Crippen molar-refractivity contribution in [2.75, 3.05) is 22.5 Å². The van der Waals surface area contributed by atoms with E-state index in [2.05, 4.69) is 15.3 Å². The fourth-order valence-corrected chi connectivity index (χ4v) is 3.22. The topological polar surface area (TPSA) is 124 Å². The molecule has 1 amide bonds. The van der Waals surface area contributed by atoms with Crippen LogP contribution in [0, 0.1) is 0 Å². The monoisotopic (exact) mass is 349 g/mol. The standard InChI is InChI=1S/C14H12ClN5O2S/c15-8-3-9-6(2-13(22)18-9)1-7(8)10(21)5-23-14-19-11(16)4-12(17)20-14/h1,3-4H,2,5H2,(H,18,22)(H4,16,17,19,20). The number of fused-ring (bicyclic) bond motifs is 1. The van der Waals surface area contributed by atoms with E-state index in [1.54, 1.807) is 12.1 Å². The van der Waals surface area contributed by atoms with Crippen LogP contribution in [-0.2, 0) is 11.2 Å². The van der Waals surface area contributed by atoms with Crippen molar-refractivity contribution in [3.63, 3.8) is 0 Å². The second-order valence-electron chi connectivity index (χ2n) is 4.93. The maximum absolute atomic E-state index is 12.4. The van der Waals surface area contributed by atoms with Crippen LogP contribution in [0.25, 0.3) is 0 Å². The zero-order chi connectivity index (χ0) is 16.6. The lowest BCUT2D eigenvalue weighted by molar-refractivity contribution is -0.115. The molecule has 0 saturated carbocycles. The van der Waals surface area contributed by atoms with Gasteiger partial charge in [-0.15, -0.1) is 0 Å². The number of hydrogen-bond donors (Lipinski definition) is 3. The molecule has 7 nitrogen and oxygen atoms in total. The van der Waals surface area contributed by atoms with E-state index < -0.39 is 0 Å². The minimum absolute atomic E-state index is 0.0861. The summed E-state index contributed by atoms with van der Waals surface area (Å²) in [5, 5.41) is 3.31. The van der Waals surface area contributed by atoms with Crippen molar-refractivity contribution in [3.8, 4) is 0 Å². The van der Waals surface area contributed by atoms with Gasteiger partial charge in [-0.2, -0.15) is 0 Å². The number of ketones is 1. The first-order valence-electron chi connectivity index (χ1n) is 6.60. The molecule has 1 aromatic carbocycles. The molecule has 0 atom stereocenters. The molecule has 1 aromatic heterocycles. The second-order valence-corrected chi connectivity index (χ2v) is 6.28. The zero-order valence-corrected chi connectivity index (χ0v) is 13.4. The van der Waals surface area contributed by atoms with Crippen LogP contribution in [-0.4, -0.2) is 27.4 Å². The predicted octanol–water partition coefficient (Wildman–Crippen LogP) is 1.76. The van der Waals surface area contributed by atoms with Crippen LogP contribution in [0.1, 0.15) is 15.9 Å². The van der Waals surface area contributed by atoms with Gasteiger partial charge < -0.3 is 16.8 Å². The Morgan fingerprint density at radius 1 is 1.26 bits per heavy atom. The van der Waals surface area contributed by atoms with Crippen molar-refractivity contribution >= 4 is 52.4 Å². The molecule has 9 heteroatoms. The number of aromatic nitrogens is 2. The minimum atomic E-state index is -0.188. The number of rotatable bonds is 4. The third-order valence-electron chi connectivity index (χ3n) is 3.20. The lowest BCUT2D eigenvalue weighted by Gasteiger charge is -2.07. The Hall–Kier alpha value is -2.32. The molecule has 0 radical (unpaired) electrons. The van der Waals surface area contributed by atoms with Crippen LogP contribution in [0.15, 0.2) is 23.4 Å². The van der Waals surface area contributed by atoms with E-state index in [1.807, 2.05) is 0 Å². The number of carbonyl (C=O) groups excluding carboxylic acids is 2. The average molecular weight is 350 g/mol. The van der Waals surface area contributed by atoms with Crippen molar-refractivity contribution in [2.24, 2.45) is 0 Å². The van der Waals surface area contributed by atoms with Crippen LogP contribution in [0.5, 0.6) is 0 Å². The maximum Gasteiger partial charge on any atom is 0.228 e. The first kappa shape index (κ1) is 15.6. The molecule has 1 aliphatic rings. The van der Waals surface area contributed by atoms with E-state index >= 15 is 0 Å². The Labute approximate surface area is 140 Å². The van der Waals surface area contributed by atoms with E-state index in [9.17, 15) is 9.59 Å². The van der Waals surface area contributed by atoms with Gasteiger partial charge in [-0.1, -0.05) is 23.4 Å². The fourth-order valence-electron chi connectivity index (χ4n) is 2.20. The summed E-state index contributed by atoms with van der Waals surface area (Å²) in [6.45, 7) is 0. The van der Waals surface area contributed by atoms with Crippen molar-refractivity contribution in [1.29, 1.82) is 0 Å². The van der Waals surface area contributed by atoms with Crippen molar-refractivity contribution in [2.45, 2.75) is 11.6 Å². The van der Waals surface area contributed by atoms with Crippen LogP contribution in [0.4, 0.5) is 17.3 Å². The van der Waals surface area contributed by atoms with E-state index in [0.29, 0.717) is 21.4 Å². The van der Waals surface area contributed by atoms with Crippen molar-refractivity contribution in [1.82, 2.24) is 9.97 Å². The van der Waals surface area contributed by atoms with E-state index in [1.165, 1.54) is 6.07 Å². The molecular weight excluding hydrogens is 338 g/mol. The number of nitrogens with one attached hydrogen (secondary N) is 1. The molecule has 3 rings (SSSR count). The van der Waals surface area contributed by atoms with Crippen LogP contribution >= 0.6 is 23.4 Å². The number of Topliss-reactive ketones (excluding diaryl/α,β-unsaturated/α-hetero) is 1. The summed E-state index contributed by atoms with van der Waals surface area (Å²) >= 11 is 7.25. The molecule has 0 saturated heterocycles. The smallest absolute Gasteiger partial charge is 0.228 e. The molecule has 0 bridgehead atoms. The Bertz CT molecular complexity index is 807. The number of thioether (sulfide) groups is 1. The summed E-state index contributed by atoms with van der Waals surface area (Å²) in [7, 11) is 0. The molecule has 2 aromatic rings. The van der Waals surface area contributed by atoms with Gasteiger partial charge >= 0.3 is 0 Å². The summed E-state index contributed by atoms with van der Waals surface area (Å²) in [4.78, 5) is 31.7. The van der Waals surface area contributed by atoms with Gasteiger partial charge in [0.1, 0.15) is 11.6 Å². The normalized spacial score (nSPS) is 12.8. The number of nitrogen functional groups attached to an aromatic ring is 2. The van der Waals surface area contributed by atoms with E-state index in [4.69, 9.17) is 23.1 Å². The van der Waals surface area contributed by atoms with Crippen LogP contribution < -0.4 is 16.8 Å². The van der Waals surface area contributed by atoms with Gasteiger partial charge in [-0.05, 0) is 17.7 Å². The molecule has 1 aliphatic heterocycles. The molecule has 0 fully saturated rings. The van der Waals surface area contributed by atoms with E-state index in [0.717, 1.165) is 17.3 Å². The van der Waals surface area contributed by atoms with Gasteiger partial charge in [0.15, 0.2) is 10.9 Å². The first-order valence-corrected chi connectivity index (χ1v) is 7.97. The Morgan fingerprint density at radius 2 is 1.96 bits per heavy atom. The van der Waals surface area contributed by atoms with Crippen molar-refractivity contribution in [3.05, 3.63) is 34.3 Å². The third-order valence-corrected chi connectivity index (χ3v) is 4.36. The quantitative estimate of drug-likeness (QED) is 0.436. The number of nitrogens with two attached hydrogens (primary N) is 2. The molecule has 0 spiro atoms. The lowest BCUT2D eigenvalue weighted by Crippen LogP contribution is -2.06. The fraction of sp³-hybridized carbons (Fsp3) is 0.143. The molecule has 2 heterocycles. The number of anilines is 3. The lowest BCUT2D eigenvalue weighted by atomic mass is 10.1.